The van der Waals surface area contributed by atoms with Crippen LogP contribution in [-0.4, -0.2) is 30.9 Å². The number of benzene rings is 3. The maximum atomic E-state index is 14.0. The van der Waals surface area contributed by atoms with Gasteiger partial charge < -0.3 is 14.2 Å². The molecule has 0 aliphatic carbocycles. The average Bonchev–Trinajstić information content (AvgIpc) is 3.22. The smallest absolute Gasteiger partial charge is 0.338 e. The van der Waals surface area contributed by atoms with E-state index < -0.39 is 12.0 Å². The Bertz CT molecular complexity index is 1740. The molecule has 0 saturated carbocycles. The van der Waals surface area contributed by atoms with Gasteiger partial charge >= 0.3 is 5.97 Å². The lowest BCUT2D eigenvalue weighted by atomic mass is 9.94. The van der Waals surface area contributed by atoms with E-state index in [1.807, 2.05) is 67.6 Å². The van der Waals surface area contributed by atoms with E-state index >= 15 is 0 Å². The standard InChI is InChI=1S/C30H28N2O5S/c1-5-36-27-22(15-10-16-23(27)35-4)26-25(29(34)37-6-2)18(3)31-30-32(26)28(33)24(38-30)17-20-13-9-12-19-11-7-8-14-21(19)20/h7-17,26H,5-6H2,1-4H3/b24-17+/t26-/m0/s1. The van der Waals surface area contributed by atoms with E-state index in [2.05, 4.69) is 4.99 Å². The molecule has 5 rings (SSSR count). The molecule has 38 heavy (non-hydrogen) atoms. The molecule has 0 radical (unpaired) electrons. The molecule has 1 aliphatic rings. The molecule has 0 amide bonds. The van der Waals surface area contributed by atoms with Crippen LogP contribution >= 0.6 is 11.3 Å². The fourth-order valence-electron chi connectivity index (χ4n) is 4.81. The van der Waals surface area contributed by atoms with E-state index in [0.29, 0.717) is 44.3 Å². The average molecular weight is 529 g/mol. The minimum atomic E-state index is -0.795. The minimum Gasteiger partial charge on any atom is -0.493 e. The van der Waals surface area contributed by atoms with Gasteiger partial charge in [-0.3, -0.25) is 9.36 Å². The second kappa shape index (κ2) is 10.7. The summed E-state index contributed by atoms with van der Waals surface area (Å²) >= 11 is 1.29. The number of esters is 1. The number of carbonyl (C=O) groups excluding carboxylic acids is 1. The van der Waals surface area contributed by atoms with Crippen molar-refractivity contribution < 1.29 is 19.0 Å². The molecule has 7 nitrogen and oxygen atoms in total. The summed E-state index contributed by atoms with van der Waals surface area (Å²) in [5.41, 5.74) is 2.11. The van der Waals surface area contributed by atoms with E-state index in [1.54, 1.807) is 31.6 Å². The van der Waals surface area contributed by atoms with Crippen LogP contribution in [0.15, 0.2) is 81.7 Å². The van der Waals surface area contributed by atoms with Gasteiger partial charge in [0.05, 0.1) is 36.1 Å². The highest BCUT2D eigenvalue weighted by Gasteiger charge is 2.36. The second-order valence-electron chi connectivity index (χ2n) is 8.68. The minimum absolute atomic E-state index is 0.199. The van der Waals surface area contributed by atoms with Gasteiger partial charge in [0.15, 0.2) is 16.3 Å². The van der Waals surface area contributed by atoms with Crippen LogP contribution in [0.25, 0.3) is 16.8 Å². The summed E-state index contributed by atoms with van der Waals surface area (Å²) in [7, 11) is 1.56. The largest absolute Gasteiger partial charge is 0.493 e. The molecule has 0 bridgehead atoms. The first-order chi connectivity index (χ1) is 18.5. The van der Waals surface area contributed by atoms with Crippen LogP contribution in [0.2, 0.25) is 0 Å². The van der Waals surface area contributed by atoms with Crippen molar-refractivity contribution in [1.82, 2.24) is 4.57 Å². The van der Waals surface area contributed by atoms with Crippen LogP contribution in [0.5, 0.6) is 11.5 Å². The van der Waals surface area contributed by atoms with Crippen molar-refractivity contribution in [3.05, 3.63) is 103 Å². The molecule has 0 N–H and O–H groups in total. The van der Waals surface area contributed by atoms with Crippen LogP contribution in [0.1, 0.15) is 37.9 Å². The SMILES string of the molecule is CCOC(=O)C1=C(C)N=c2s/c(=C/c3cccc4ccccc34)c(=O)n2[C@H]1c1cccc(OC)c1OCC. The van der Waals surface area contributed by atoms with Crippen LogP contribution in [0.4, 0.5) is 0 Å². The number of fused-ring (bicyclic) bond motifs is 2. The normalized spacial score (nSPS) is 15.3. The van der Waals surface area contributed by atoms with Crippen molar-refractivity contribution in [2.45, 2.75) is 26.8 Å². The third kappa shape index (κ3) is 4.41. The van der Waals surface area contributed by atoms with Gasteiger partial charge in [0, 0.05) is 5.56 Å². The summed E-state index contributed by atoms with van der Waals surface area (Å²) in [6.07, 6.45) is 1.89. The predicted molar refractivity (Wildman–Crippen MR) is 149 cm³/mol. The molecule has 0 fully saturated rings. The summed E-state index contributed by atoms with van der Waals surface area (Å²) in [6, 6.07) is 18.7. The Labute approximate surface area is 223 Å². The zero-order valence-electron chi connectivity index (χ0n) is 21.7. The van der Waals surface area contributed by atoms with Gasteiger partial charge in [0.25, 0.3) is 5.56 Å². The van der Waals surface area contributed by atoms with Crippen molar-refractivity contribution in [1.29, 1.82) is 0 Å². The third-order valence-electron chi connectivity index (χ3n) is 6.44. The molecule has 8 heteroatoms. The number of methoxy groups -OCH3 is 1. The Morgan fingerprint density at radius 2 is 1.82 bits per heavy atom. The topological polar surface area (TPSA) is 79.1 Å². The zero-order chi connectivity index (χ0) is 26.8. The number of allylic oxidation sites excluding steroid dienone is 1. The van der Waals surface area contributed by atoms with Crippen molar-refractivity contribution >= 4 is 34.2 Å². The number of carbonyl (C=O) groups is 1. The number of nitrogens with zero attached hydrogens (tertiary/aromatic N) is 2. The predicted octanol–water partition coefficient (Wildman–Crippen LogP) is 4.36. The van der Waals surface area contributed by atoms with Gasteiger partial charge in [-0.15, -0.1) is 0 Å². The van der Waals surface area contributed by atoms with Crippen molar-refractivity contribution in [2.24, 2.45) is 4.99 Å². The van der Waals surface area contributed by atoms with E-state index in [-0.39, 0.29) is 12.2 Å². The van der Waals surface area contributed by atoms with Gasteiger partial charge in [-0.05, 0) is 49.2 Å². The highest BCUT2D eigenvalue weighted by molar-refractivity contribution is 7.07. The molecule has 1 atom stereocenters. The molecular formula is C30H28N2O5S. The molecular weight excluding hydrogens is 500 g/mol. The number of ether oxygens (including phenoxy) is 3. The monoisotopic (exact) mass is 528 g/mol. The summed E-state index contributed by atoms with van der Waals surface area (Å²) in [4.78, 5) is 32.5. The maximum Gasteiger partial charge on any atom is 0.338 e. The van der Waals surface area contributed by atoms with E-state index in [1.165, 1.54) is 11.3 Å². The lowest BCUT2D eigenvalue weighted by Crippen LogP contribution is -2.40. The summed E-state index contributed by atoms with van der Waals surface area (Å²) in [5.74, 6) is 0.468. The van der Waals surface area contributed by atoms with Crippen molar-refractivity contribution in [3.8, 4) is 11.5 Å². The van der Waals surface area contributed by atoms with Crippen LogP contribution in [0.3, 0.4) is 0 Å². The molecule has 4 aromatic rings. The first-order valence-corrected chi connectivity index (χ1v) is 13.3. The van der Waals surface area contributed by atoms with Gasteiger partial charge in [-0.2, -0.15) is 0 Å². The molecule has 0 saturated heterocycles. The first-order valence-electron chi connectivity index (χ1n) is 12.5. The zero-order valence-corrected chi connectivity index (χ0v) is 22.5. The summed E-state index contributed by atoms with van der Waals surface area (Å²) < 4.78 is 19.1. The Hall–Kier alpha value is -4.17. The lowest BCUT2D eigenvalue weighted by Gasteiger charge is -2.26. The van der Waals surface area contributed by atoms with Crippen LogP contribution in [-0.2, 0) is 9.53 Å². The molecule has 2 heterocycles. The fourth-order valence-corrected chi connectivity index (χ4v) is 5.85. The summed E-state index contributed by atoms with van der Waals surface area (Å²) in [5, 5.41) is 2.14. The number of hydrogen-bond acceptors (Lipinski definition) is 7. The van der Waals surface area contributed by atoms with Gasteiger partial charge in [-0.25, -0.2) is 9.79 Å². The van der Waals surface area contributed by atoms with E-state index in [4.69, 9.17) is 14.2 Å². The van der Waals surface area contributed by atoms with E-state index in [0.717, 1.165) is 16.3 Å². The number of aromatic nitrogens is 1. The number of hydrogen-bond donors (Lipinski definition) is 0. The number of rotatable bonds is 7. The van der Waals surface area contributed by atoms with Gasteiger partial charge in [0.2, 0.25) is 0 Å². The number of thiazole rings is 1. The first kappa shape index (κ1) is 25.5. The third-order valence-corrected chi connectivity index (χ3v) is 7.42. The number of para-hydroxylation sites is 1. The Morgan fingerprint density at radius 1 is 1.05 bits per heavy atom. The van der Waals surface area contributed by atoms with Gasteiger partial charge in [-0.1, -0.05) is 65.9 Å². The Kier molecular flexibility index (Phi) is 7.15. The molecule has 0 spiro atoms. The molecule has 3 aromatic carbocycles. The Balaban J connectivity index is 1.79. The van der Waals surface area contributed by atoms with Gasteiger partial charge in [0.1, 0.15) is 6.04 Å². The quantitative estimate of drug-likeness (QED) is 0.333. The van der Waals surface area contributed by atoms with Crippen LogP contribution < -0.4 is 24.4 Å². The summed E-state index contributed by atoms with van der Waals surface area (Å²) in [6.45, 7) is 5.97. The molecule has 1 aliphatic heterocycles. The molecule has 1 aromatic heterocycles. The maximum absolute atomic E-state index is 14.0. The Morgan fingerprint density at radius 3 is 2.58 bits per heavy atom. The van der Waals surface area contributed by atoms with E-state index in [9.17, 15) is 9.59 Å². The lowest BCUT2D eigenvalue weighted by molar-refractivity contribution is -0.139. The fraction of sp³-hybridized carbons (Fsp3) is 0.233. The molecule has 0 unspecified atom stereocenters. The van der Waals surface area contributed by atoms with Crippen LogP contribution in [0, 0.1) is 0 Å². The highest BCUT2D eigenvalue weighted by atomic mass is 32.1. The highest BCUT2D eigenvalue weighted by Crippen LogP contribution is 2.40. The van der Waals surface area contributed by atoms with Crippen molar-refractivity contribution in [2.75, 3.05) is 20.3 Å². The molecule has 194 valence electrons. The van der Waals surface area contributed by atoms with Crippen molar-refractivity contribution in [3.63, 3.8) is 0 Å². The second-order valence-corrected chi connectivity index (χ2v) is 9.69.